The summed E-state index contributed by atoms with van der Waals surface area (Å²) in [4.78, 5) is 4.19. The second-order valence-electron chi connectivity index (χ2n) is 4.17. The average molecular weight is 378 g/mol. The van der Waals surface area contributed by atoms with E-state index in [1.165, 1.54) is 17.5 Å². The minimum Gasteiger partial charge on any atom is -0.363 e. The van der Waals surface area contributed by atoms with Gasteiger partial charge in [0.05, 0.1) is 8.68 Å². The van der Waals surface area contributed by atoms with E-state index in [1.54, 1.807) is 6.07 Å². The fraction of sp³-hybridized carbons (Fsp3) is 0.333. The van der Waals surface area contributed by atoms with Crippen molar-refractivity contribution in [3.8, 4) is 0 Å². The van der Waals surface area contributed by atoms with E-state index in [4.69, 9.17) is 0 Å². The fourth-order valence-electron chi connectivity index (χ4n) is 1.63. The Kier molecular flexibility index (Phi) is 5.39. The van der Waals surface area contributed by atoms with Crippen LogP contribution in [0, 0.1) is 0 Å². The number of sulfonamides is 1. The molecule has 3 N–H and O–H groups in total. The third kappa shape index (κ3) is 4.16. The van der Waals surface area contributed by atoms with Gasteiger partial charge in [-0.2, -0.15) is 0 Å². The van der Waals surface area contributed by atoms with Crippen LogP contribution in [0.5, 0.6) is 0 Å². The molecule has 20 heavy (non-hydrogen) atoms. The van der Waals surface area contributed by atoms with Gasteiger partial charge in [0.15, 0.2) is 0 Å². The molecule has 2 heterocycles. The van der Waals surface area contributed by atoms with Crippen LogP contribution in [0.25, 0.3) is 0 Å². The summed E-state index contributed by atoms with van der Waals surface area (Å²) in [5.74, 6) is 0. The first-order valence-corrected chi connectivity index (χ1v) is 9.22. The van der Waals surface area contributed by atoms with Crippen LogP contribution in [0.15, 0.2) is 33.1 Å². The number of aromatic nitrogens is 1. The zero-order chi connectivity index (χ0) is 14.6. The highest BCUT2D eigenvalue weighted by atomic mass is 79.9. The molecular formula is C12H16BrN3O2S2. The molecule has 0 saturated carbocycles. The molecule has 0 aliphatic heterocycles. The van der Waals surface area contributed by atoms with E-state index in [2.05, 4.69) is 31.0 Å². The highest BCUT2D eigenvalue weighted by molar-refractivity contribution is 9.11. The molecule has 0 saturated heterocycles. The van der Waals surface area contributed by atoms with Gasteiger partial charge in [0.1, 0.15) is 0 Å². The molecule has 8 heteroatoms. The van der Waals surface area contributed by atoms with Gasteiger partial charge in [-0.1, -0.05) is 6.92 Å². The van der Waals surface area contributed by atoms with Crippen LogP contribution in [0.2, 0.25) is 0 Å². The molecule has 2 aromatic rings. The van der Waals surface area contributed by atoms with Crippen molar-refractivity contribution in [1.82, 2.24) is 15.0 Å². The van der Waals surface area contributed by atoms with Gasteiger partial charge < -0.3 is 10.3 Å². The Bertz CT molecular complexity index is 664. The summed E-state index contributed by atoms with van der Waals surface area (Å²) in [6.45, 7) is 3.77. The maximum atomic E-state index is 12.1. The third-order valence-corrected chi connectivity index (χ3v) is 5.66. The van der Waals surface area contributed by atoms with E-state index in [0.717, 1.165) is 20.9 Å². The van der Waals surface area contributed by atoms with Crippen molar-refractivity contribution in [1.29, 1.82) is 0 Å². The number of thiophene rings is 1. The van der Waals surface area contributed by atoms with Crippen molar-refractivity contribution in [2.45, 2.75) is 24.9 Å². The molecule has 0 amide bonds. The van der Waals surface area contributed by atoms with Crippen molar-refractivity contribution in [3.05, 3.63) is 38.8 Å². The van der Waals surface area contributed by atoms with Crippen molar-refractivity contribution in [2.75, 3.05) is 6.54 Å². The molecule has 0 atom stereocenters. The number of aromatic amines is 1. The Balaban J connectivity index is 2.00. The summed E-state index contributed by atoms with van der Waals surface area (Å²) >= 11 is 4.87. The number of nitrogens with one attached hydrogen (secondary N) is 3. The maximum absolute atomic E-state index is 12.1. The SMILES string of the molecule is CCNCc1cc(S(=O)(=O)NCc2ccc(Br)s2)c[nH]1. The Labute approximate surface area is 131 Å². The molecule has 0 unspecified atom stereocenters. The standard InChI is InChI=1S/C12H16BrN3O2S2/c1-2-14-6-9-5-11(8-15-9)20(17,18)16-7-10-3-4-12(13)19-10/h3-5,8,14-16H,2,6-7H2,1H3. The number of hydrogen-bond acceptors (Lipinski definition) is 4. The van der Waals surface area contributed by atoms with Crippen molar-refractivity contribution >= 4 is 37.3 Å². The van der Waals surface area contributed by atoms with Crippen LogP contribution >= 0.6 is 27.3 Å². The molecule has 0 aliphatic carbocycles. The molecule has 0 aromatic carbocycles. The topological polar surface area (TPSA) is 74.0 Å². The number of H-pyrrole nitrogens is 1. The zero-order valence-electron chi connectivity index (χ0n) is 10.9. The summed E-state index contributed by atoms with van der Waals surface area (Å²) in [6, 6.07) is 5.44. The molecule has 0 spiro atoms. The highest BCUT2D eigenvalue weighted by Gasteiger charge is 2.16. The smallest absolute Gasteiger partial charge is 0.242 e. The van der Waals surface area contributed by atoms with Gasteiger partial charge in [-0.25, -0.2) is 13.1 Å². The molecule has 2 rings (SSSR count). The van der Waals surface area contributed by atoms with E-state index in [-0.39, 0.29) is 4.90 Å². The Morgan fingerprint density at radius 2 is 2.15 bits per heavy atom. The molecule has 0 radical (unpaired) electrons. The van der Waals surface area contributed by atoms with Gasteiger partial charge in [-0.15, -0.1) is 11.3 Å². The first-order valence-electron chi connectivity index (χ1n) is 6.13. The summed E-state index contributed by atoms with van der Waals surface area (Å²) in [7, 11) is -3.47. The van der Waals surface area contributed by atoms with Gasteiger partial charge in [-0.05, 0) is 40.7 Å². The van der Waals surface area contributed by atoms with Gasteiger partial charge in [0.25, 0.3) is 0 Å². The Morgan fingerprint density at radius 3 is 2.80 bits per heavy atom. The summed E-state index contributed by atoms with van der Waals surface area (Å²) in [6.07, 6.45) is 1.51. The summed E-state index contributed by atoms with van der Waals surface area (Å²) in [5.41, 5.74) is 0.853. The minimum absolute atomic E-state index is 0.265. The van der Waals surface area contributed by atoms with Crippen LogP contribution in [0.1, 0.15) is 17.5 Å². The third-order valence-electron chi connectivity index (χ3n) is 2.66. The van der Waals surface area contributed by atoms with Crippen LogP contribution in [-0.2, 0) is 23.1 Å². The lowest BCUT2D eigenvalue weighted by Crippen LogP contribution is -2.22. The van der Waals surface area contributed by atoms with E-state index < -0.39 is 10.0 Å². The molecule has 2 aromatic heterocycles. The first-order chi connectivity index (χ1) is 9.51. The van der Waals surface area contributed by atoms with E-state index in [0.29, 0.717) is 13.1 Å². The quantitative estimate of drug-likeness (QED) is 0.693. The first kappa shape index (κ1) is 15.7. The fourth-order valence-corrected chi connectivity index (χ4v) is 4.17. The largest absolute Gasteiger partial charge is 0.363 e. The monoisotopic (exact) mass is 377 g/mol. The van der Waals surface area contributed by atoms with Crippen LogP contribution in [0.3, 0.4) is 0 Å². The number of hydrogen-bond donors (Lipinski definition) is 3. The Hall–Kier alpha value is -0.670. The molecule has 110 valence electrons. The van der Waals surface area contributed by atoms with Gasteiger partial charge in [-0.3, -0.25) is 0 Å². The molecule has 5 nitrogen and oxygen atoms in total. The second-order valence-corrected chi connectivity index (χ2v) is 8.49. The summed E-state index contributed by atoms with van der Waals surface area (Å²) in [5, 5.41) is 3.14. The van der Waals surface area contributed by atoms with Crippen LogP contribution in [0.4, 0.5) is 0 Å². The van der Waals surface area contributed by atoms with Crippen molar-refractivity contribution < 1.29 is 8.42 Å². The number of rotatable bonds is 7. The maximum Gasteiger partial charge on any atom is 0.242 e. The zero-order valence-corrected chi connectivity index (χ0v) is 14.2. The average Bonchev–Trinajstić information content (AvgIpc) is 3.03. The Morgan fingerprint density at radius 1 is 1.35 bits per heavy atom. The minimum atomic E-state index is -3.47. The van der Waals surface area contributed by atoms with Gasteiger partial charge in [0.2, 0.25) is 10.0 Å². The van der Waals surface area contributed by atoms with E-state index in [9.17, 15) is 8.42 Å². The predicted molar refractivity (Wildman–Crippen MR) is 84.2 cm³/mol. The highest BCUT2D eigenvalue weighted by Crippen LogP contribution is 2.22. The molecule has 0 bridgehead atoms. The predicted octanol–water partition coefficient (Wildman–Crippen LogP) is 2.43. The lowest BCUT2D eigenvalue weighted by molar-refractivity contribution is 0.582. The molecular weight excluding hydrogens is 362 g/mol. The molecule has 0 aliphatic rings. The van der Waals surface area contributed by atoms with Crippen molar-refractivity contribution in [3.63, 3.8) is 0 Å². The number of halogens is 1. The second kappa shape index (κ2) is 6.86. The lowest BCUT2D eigenvalue weighted by Gasteiger charge is -2.02. The lowest BCUT2D eigenvalue weighted by atomic mass is 10.4. The molecule has 0 fully saturated rings. The van der Waals surface area contributed by atoms with Gasteiger partial charge >= 0.3 is 0 Å². The van der Waals surface area contributed by atoms with Gasteiger partial charge in [0, 0.05) is 29.9 Å². The van der Waals surface area contributed by atoms with E-state index >= 15 is 0 Å². The van der Waals surface area contributed by atoms with E-state index in [1.807, 2.05) is 19.1 Å². The van der Waals surface area contributed by atoms with Crippen molar-refractivity contribution in [2.24, 2.45) is 0 Å². The van der Waals surface area contributed by atoms with Crippen LogP contribution in [-0.4, -0.2) is 19.9 Å². The van der Waals surface area contributed by atoms with Crippen LogP contribution < -0.4 is 10.0 Å². The normalized spacial score (nSPS) is 11.9. The summed E-state index contributed by atoms with van der Waals surface area (Å²) < 4.78 is 27.9.